The monoisotopic (exact) mass is 448 g/mol. The van der Waals surface area contributed by atoms with Gasteiger partial charge in [-0.05, 0) is 98.5 Å². The number of carbonyl (C=O) groups is 2. The van der Waals surface area contributed by atoms with Crippen molar-refractivity contribution in [2.75, 3.05) is 0 Å². The first-order valence-corrected chi connectivity index (χ1v) is 12.5. The Labute approximate surface area is 197 Å². The fourth-order valence-corrected chi connectivity index (χ4v) is 8.62. The highest BCUT2D eigenvalue weighted by Gasteiger charge is 2.67. The summed E-state index contributed by atoms with van der Waals surface area (Å²) in [4.78, 5) is 25.5. The molecular formula is C29H36O4. The Morgan fingerprint density at radius 3 is 2.55 bits per heavy atom. The van der Waals surface area contributed by atoms with E-state index in [9.17, 15) is 14.7 Å². The molecule has 0 aliphatic heterocycles. The second-order valence-electron chi connectivity index (χ2n) is 11.6. The second kappa shape index (κ2) is 7.85. The molecule has 33 heavy (non-hydrogen) atoms. The van der Waals surface area contributed by atoms with Crippen LogP contribution >= 0.6 is 0 Å². The summed E-state index contributed by atoms with van der Waals surface area (Å²) in [5, 5.41) is 10.5. The Balaban J connectivity index is 1.39. The average molecular weight is 449 g/mol. The number of carboxylic acids is 1. The van der Waals surface area contributed by atoms with E-state index in [0.717, 1.165) is 31.2 Å². The second-order valence-corrected chi connectivity index (χ2v) is 11.6. The van der Waals surface area contributed by atoms with Gasteiger partial charge in [-0.1, -0.05) is 49.4 Å². The van der Waals surface area contributed by atoms with Gasteiger partial charge in [0.1, 0.15) is 11.5 Å². The van der Waals surface area contributed by atoms with Gasteiger partial charge in [0.15, 0.2) is 0 Å². The van der Waals surface area contributed by atoms with Crippen LogP contribution < -0.4 is 0 Å². The zero-order valence-corrected chi connectivity index (χ0v) is 19.9. The lowest BCUT2D eigenvalue weighted by Crippen LogP contribution is -2.63. The summed E-state index contributed by atoms with van der Waals surface area (Å²) >= 11 is 0. The topological polar surface area (TPSA) is 63.6 Å². The normalized spacial score (nSPS) is 41.9. The molecular weight excluding hydrogens is 412 g/mol. The van der Waals surface area contributed by atoms with E-state index in [-0.39, 0.29) is 11.3 Å². The Kier molecular flexibility index (Phi) is 5.34. The molecule has 5 rings (SSSR count). The molecule has 4 aliphatic rings. The summed E-state index contributed by atoms with van der Waals surface area (Å²) in [6.45, 7) is 8.58. The van der Waals surface area contributed by atoms with Crippen molar-refractivity contribution in [2.45, 2.75) is 71.3 Å². The highest BCUT2D eigenvalue weighted by Crippen LogP contribution is 2.72. The first kappa shape index (κ1) is 22.4. The zero-order valence-electron chi connectivity index (χ0n) is 19.9. The number of carboxylic acid groups (broad SMARTS) is 1. The maximum Gasteiger partial charge on any atom is 0.331 e. The van der Waals surface area contributed by atoms with E-state index in [4.69, 9.17) is 4.74 Å². The quantitative estimate of drug-likeness (QED) is 0.335. The van der Waals surface area contributed by atoms with Crippen LogP contribution in [0.5, 0.6) is 0 Å². The lowest BCUT2D eigenvalue weighted by molar-refractivity contribution is -0.211. The number of carbonyl (C=O) groups excluding carboxylic acids is 1. The van der Waals surface area contributed by atoms with Crippen molar-refractivity contribution in [3.63, 3.8) is 0 Å². The molecule has 4 saturated carbocycles. The third-order valence-electron chi connectivity index (χ3n) is 10.1. The molecule has 2 bridgehead atoms. The highest BCUT2D eigenvalue weighted by atomic mass is 16.5. The molecule has 4 fully saturated rings. The lowest BCUT2D eigenvalue weighted by Gasteiger charge is -2.64. The molecule has 7 atom stereocenters. The molecule has 1 N–H and O–H groups in total. The molecule has 4 aliphatic carbocycles. The van der Waals surface area contributed by atoms with Crippen LogP contribution in [-0.2, 0) is 14.3 Å². The van der Waals surface area contributed by atoms with Gasteiger partial charge >= 0.3 is 11.9 Å². The molecule has 0 heterocycles. The maximum atomic E-state index is 12.8. The molecule has 0 aromatic heterocycles. The first-order valence-electron chi connectivity index (χ1n) is 12.5. The fourth-order valence-electron chi connectivity index (χ4n) is 8.62. The number of hydrogen-bond acceptors (Lipinski definition) is 3. The highest BCUT2D eigenvalue weighted by molar-refractivity contribution is 5.87. The summed E-state index contributed by atoms with van der Waals surface area (Å²) in [7, 11) is 0. The predicted octanol–water partition coefficient (Wildman–Crippen LogP) is 6.28. The van der Waals surface area contributed by atoms with E-state index >= 15 is 0 Å². The number of esters is 1. The van der Waals surface area contributed by atoms with E-state index in [1.165, 1.54) is 30.9 Å². The van der Waals surface area contributed by atoms with Gasteiger partial charge in [0, 0.05) is 6.08 Å². The fraction of sp³-hybridized carbons (Fsp3) is 0.586. The molecule has 0 radical (unpaired) electrons. The molecule has 0 saturated heterocycles. The van der Waals surface area contributed by atoms with Gasteiger partial charge in [0.2, 0.25) is 0 Å². The van der Waals surface area contributed by atoms with Gasteiger partial charge in [-0.15, -0.1) is 0 Å². The minimum Gasteiger partial charge on any atom is -0.481 e. The molecule has 176 valence electrons. The SMILES string of the molecule is C=C1C[C@]23CC[C@H]4C(C)(C(=O)O)[C@H](OC(=O)C=Cc5ccccc5)CC[C@]4(C)[C@H]2CC[C@@H]1C3. The largest absolute Gasteiger partial charge is 0.481 e. The van der Waals surface area contributed by atoms with Crippen LogP contribution in [0.3, 0.4) is 0 Å². The first-order chi connectivity index (χ1) is 15.7. The summed E-state index contributed by atoms with van der Waals surface area (Å²) in [5.74, 6) is -0.0785. The molecule has 4 heteroatoms. The van der Waals surface area contributed by atoms with Crippen LogP contribution in [0.15, 0.2) is 48.6 Å². The van der Waals surface area contributed by atoms with Gasteiger partial charge in [-0.25, -0.2) is 4.79 Å². The maximum absolute atomic E-state index is 12.8. The summed E-state index contributed by atoms with van der Waals surface area (Å²) in [6, 6.07) is 9.59. The molecule has 0 amide bonds. The predicted molar refractivity (Wildman–Crippen MR) is 128 cm³/mol. The van der Waals surface area contributed by atoms with Crippen LogP contribution in [-0.4, -0.2) is 23.1 Å². The van der Waals surface area contributed by atoms with Crippen LogP contribution in [0, 0.1) is 34.0 Å². The van der Waals surface area contributed by atoms with Crippen LogP contribution in [0.25, 0.3) is 6.08 Å². The molecule has 1 aromatic rings. The minimum absolute atomic E-state index is 0.00759. The molecule has 1 spiro atoms. The molecule has 1 aromatic carbocycles. The van der Waals surface area contributed by atoms with Gasteiger partial charge < -0.3 is 9.84 Å². The van der Waals surface area contributed by atoms with Crippen LogP contribution in [0.2, 0.25) is 0 Å². The van der Waals surface area contributed by atoms with Crippen molar-refractivity contribution in [3.05, 3.63) is 54.1 Å². The standard InChI is InChI=1S/C29H36O4/c1-19-17-29-16-13-22-27(2,23(29)11-10-21(19)18-29)15-14-24(28(22,3)26(31)32)33-25(30)12-9-20-7-5-4-6-8-20/h4-9,12,21-24H,1,10-11,13-18H2,2-3H3,(H,31,32)/t21-,22-,23-,24-,27+,28?,29+/m1/s1. The Morgan fingerprint density at radius 1 is 1.06 bits per heavy atom. The Morgan fingerprint density at radius 2 is 1.82 bits per heavy atom. The van der Waals surface area contributed by atoms with Gasteiger partial charge in [0.25, 0.3) is 0 Å². The molecule has 4 nitrogen and oxygen atoms in total. The van der Waals surface area contributed by atoms with Crippen molar-refractivity contribution in [3.8, 4) is 0 Å². The van der Waals surface area contributed by atoms with Gasteiger partial charge in [0.05, 0.1) is 0 Å². The van der Waals surface area contributed by atoms with Crippen LogP contribution in [0.1, 0.15) is 70.8 Å². The van der Waals surface area contributed by atoms with Crippen molar-refractivity contribution >= 4 is 18.0 Å². The van der Waals surface area contributed by atoms with Gasteiger partial charge in [-0.3, -0.25) is 4.79 Å². The van der Waals surface area contributed by atoms with Crippen molar-refractivity contribution in [2.24, 2.45) is 34.0 Å². The van der Waals surface area contributed by atoms with Crippen molar-refractivity contribution in [1.82, 2.24) is 0 Å². The number of aliphatic carboxylic acids is 1. The van der Waals surface area contributed by atoms with E-state index in [1.807, 2.05) is 37.3 Å². The third kappa shape index (κ3) is 3.40. The summed E-state index contributed by atoms with van der Waals surface area (Å²) in [6.07, 6.45) is 10.8. The minimum atomic E-state index is -1.07. The number of rotatable bonds is 4. The smallest absolute Gasteiger partial charge is 0.331 e. The van der Waals surface area contributed by atoms with E-state index < -0.39 is 23.5 Å². The number of allylic oxidation sites excluding steroid dienone is 1. The zero-order chi connectivity index (χ0) is 23.4. The average Bonchev–Trinajstić information content (AvgIpc) is 3.02. The van der Waals surface area contributed by atoms with Crippen molar-refractivity contribution < 1.29 is 19.4 Å². The number of ether oxygens (including phenoxy) is 1. The third-order valence-corrected chi connectivity index (χ3v) is 10.1. The van der Waals surface area contributed by atoms with E-state index in [2.05, 4.69) is 13.5 Å². The number of hydrogen-bond donors (Lipinski definition) is 1. The van der Waals surface area contributed by atoms with Crippen molar-refractivity contribution in [1.29, 1.82) is 0 Å². The lowest BCUT2D eigenvalue weighted by atomic mass is 9.40. The van der Waals surface area contributed by atoms with Crippen LogP contribution in [0.4, 0.5) is 0 Å². The summed E-state index contributed by atoms with van der Waals surface area (Å²) in [5.41, 5.74) is 1.54. The van der Waals surface area contributed by atoms with E-state index in [1.54, 1.807) is 6.08 Å². The van der Waals surface area contributed by atoms with Gasteiger partial charge in [-0.2, -0.15) is 0 Å². The summed E-state index contributed by atoms with van der Waals surface area (Å²) < 4.78 is 5.88. The Bertz CT molecular complexity index is 996. The number of fused-ring (bicyclic) bond motifs is 3. The molecule has 1 unspecified atom stereocenters. The Hall–Kier alpha value is -2.36. The number of benzene rings is 1. The van der Waals surface area contributed by atoms with E-state index in [0.29, 0.717) is 23.7 Å².